The minimum Gasteiger partial charge on any atom is -0.549 e. The third-order valence-electron chi connectivity index (χ3n) is 2.86. The van der Waals surface area contributed by atoms with E-state index < -0.39 is 23.8 Å². The van der Waals surface area contributed by atoms with E-state index in [0.717, 1.165) is 0 Å². The first-order valence-electron chi connectivity index (χ1n) is 9.86. The van der Waals surface area contributed by atoms with Crippen molar-refractivity contribution in [2.24, 2.45) is 23.7 Å². The fourth-order valence-corrected chi connectivity index (χ4v) is 1.54. The van der Waals surface area contributed by atoms with E-state index in [1.807, 2.05) is 0 Å². The Bertz CT molecular complexity index is 388. The largest absolute Gasteiger partial charge is 4.00 e. The Hall–Kier alpha value is -1.01. The molecular formula is C22H40O6Ti. The summed E-state index contributed by atoms with van der Waals surface area (Å²) in [7, 11) is 0. The van der Waals surface area contributed by atoms with Crippen molar-refractivity contribution in [3.8, 4) is 0 Å². The van der Waals surface area contributed by atoms with Gasteiger partial charge >= 0.3 is 21.7 Å². The van der Waals surface area contributed by atoms with Crippen LogP contribution in [0.5, 0.6) is 0 Å². The molecule has 0 bridgehead atoms. The maximum Gasteiger partial charge on any atom is 4.00 e. The number of carbonyl (C=O) groups excluding carboxylic acids is 4. The molecule has 0 aliphatic heterocycles. The first kappa shape index (κ1) is 38.6. The normalized spacial score (nSPS) is 11.2. The smallest absolute Gasteiger partial charge is 0.549 e. The van der Waals surface area contributed by atoms with Crippen LogP contribution in [-0.2, 0) is 40.9 Å². The van der Waals surface area contributed by atoms with Crippen molar-refractivity contribution in [2.45, 2.75) is 81.1 Å². The second-order valence-electron chi connectivity index (χ2n) is 6.99. The molecule has 0 N–H and O–H groups in total. The fourth-order valence-electron chi connectivity index (χ4n) is 1.54. The van der Waals surface area contributed by atoms with E-state index in [2.05, 4.69) is 41.5 Å². The van der Waals surface area contributed by atoms with Crippen LogP contribution < -0.4 is 10.2 Å². The average molecular weight is 448 g/mol. The van der Waals surface area contributed by atoms with Crippen LogP contribution in [0.4, 0.5) is 0 Å². The summed E-state index contributed by atoms with van der Waals surface area (Å²) in [6.07, 6.45) is 1.20. The number of hydrogen-bond donors (Lipinski definition) is 0. The number of ketones is 2. The molecule has 0 aliphatic carbocycles. The van der Waals surface area contributed by atoms with Crippen LogP contribution in [0, 0.1) is 37.5 Å². The van der Waals surface area contributed by atoms with E-state index in [0.29, 0.717) is 24.7 Å². The number of Topliss-reactive ketones (excluding diaryl/α,β-unsaturated/α-hetero) is 2. The summed E-state index contributed by atoms with van der Waals surface area (Å²) in [5.74, 6) is -3.64. The summed E-state index contributed by atoms with van der Waals surface area (Å²) < 4.78 is 0. The number of aliphatic carboxylic acids is 2. The Labute approximate surface area is 193 Å². The van der Waals surface area contributed by atoms with Gasteiger partial charge in [-0.25, -0.2) is 0 Å². The second kappa shape index (κ2) is 25.0. The zero-order valence-corrected chi connectivity index (χ0v) is 21.1. The summed E-state index contributed by atoms with van der Waals surface area (Å²) in [4.78, 5) is 41.9. The third kappa shape index (κ3) is 31.9. The Morgan fingerprint density at radius 1 is 0.655 bits per heavy atom. The van der Waals surface area contributed by atoms with E-state index in [-0.39, 0.29) is 46.1 Å². The van der Waals surface area contributed by atoms with E-state index in [9.17, 15) is 29.4 Å². The molecule has 0 fully saturated rings. The maximum atomic E-state index is 10.8. The summed E-state index contributed by atoms with van der Waals surface area (Å²) in [5.41, 5.74) is 0. The van der Waals surface area contributed by atoms with Crippen LogP contribution in [0.1, 0.15) is 81.1 Å². The molecule has 0 saturated heterocycles. The number of hydrogen-bond acceptors (Lipinski definition) is 6. The SMILES string of the molecule is CCC(=O)C(CC)C(=O)[O-].CCC(=O)C(CC)C(=O)[O-].[CH2-]C(C)C.[CH2-]C(C)C.[Ti+4]. The topological polar surface area (TPSA) is 114 Å². The van der Waals surface area contributed by atoms with Gasteiger partial charge in [0.05, 0.1) is 23.8 Å². The van der Waals surface area contributed by atoms with Crippen LogP contribution >= 0.6 is 0 Å². The van der Waals surface area contributed by atoms with Crippen molar-refractivity contribution in [1.82, 2.24) is 0 Å². The summed E-state index contributed by atoms with van der Waals surface area (Å²) in [6, 6.07) is 0. The molecule has 7 heteroatoms. The molecule has 0 aromatic carbocycles. The van der Waals surface area contributed by atoms with Crippen molar-refractivity contribution in [2.75, 3.05) is 0 Å². The molecule has 6 nitrogen and oxygen atoms in total. The molecule has 0 spiro atoms. The van der Waals surface area contributed by atoms with Gasteiger partial charge in [-0.05, 0) is 12.8 Å². The number of carbonyl (C=O) groups is 4. The van der Waals surface area contributed by atoms with Gasteiger partial charge in [0.15, 0.2) is 0 Å². The van der Waals surface area contributed by atoms with Gasteiger partial charge in [0, 0.05) is 12.8 Å². The van der Waals surface area contributed by atoms with Gasteiger partial charge in [0.1, 0.15) is 11.6 Å². The van der Waals surface area contributed by atoms with Gasteiger partial charge in [0.25, 0.3) is 0 Å². The number of rotatable bonds is 8. The number of carboxylic acid groups (broad SMARTS) is 2. The van der Waals surface area contributed by atoms with E-state index in [1.54, 1.807) is 27.7 Å². The molecule has 0 saturated carbocycles. The van der Waals surface area contributed by atoms with E-state index in [1.165, 1.54) is 0 Å². The molecule has 168 valence electrons. The quantitative estimate of drug-likeness (QED) is 0.320. The van der Waals surface area contributed by atoms with Crippen LogP contribution in [0.15, 0.2) is 0 Å². The molecule has 0 amide bonds. The van der Waals surface area contributed by atoms with Gasteiger partial charge in [-0.3, -0.25) is 9.59 Å². The number of carboxylic acids is 2. The van der Waals surface area contributed by atoms with Crippen molar-refractivity contribution < 1.29 is 51.1 Å². The molecule has 0 heterocycles. The van der Waals surface area contributed by atoms with E-state index >= 15 is 0 Å². The van der Waals surface area contributed by atoms with E-state index in [4.69, 9.17) is 0 Å². The van der Waals surface area contributed by atoms with Gasteiger partial charge in [-0.1, -0.05) is 55.4 Å². The molecule has 0 rings (SSSR count). The molecule has 0 radical (unpaired) electrons. The first-order valence-corrected chi connectivity index (χ1v) is 9.86. The predicted octanol–water partition coefficient (Wildman–Crippen LogP) is 2.43. The van der Waals surface area contributed by atoms with Crippen LogP contribution in [0.3, 0.4) is 0 Å². The zero-order valence-electron chi connectivity index (χ0n) is 19.5. The summed E-state index contributed by atoms with van der Waals surface area (Å²) >= 11 is 0. The van der Waals surface area contributed by atoms with Crippen molar-refractivity contribution in [1.29, 1.82) is 0 Å². The maximum absolute atomic E-state index is 10.8. The molecule has 0 aliphatic rings. The first-order chi connectivity index (χ1) is 12.7. The molecule has 2 atom stereocenters. The predicted molar refractivity (Wildman–Crippen MR) is 109 cm³/mol. The Morgan fingerprint density at radius 2 is 0.828 bits per heavy atom. The average Bonchev–Trinajstić information content (AvgIpc) is 2.54. The van der Waals surface area contributed by atoms with Gasteiger partial charge in [-0.15, -0.1) is 0 Å². The summed E-state index contributed by atoms with van der Waals surface area (Å²) in [5, 5.41) is 20.4. The Kier molecular flexibility index (Phi) is 33.3. The molecule has 0 aromatic rings. The van der Waals surface area contributed by atoms with Crippen molar-refractivity contribution >= 4 is 23.5 Å². The Balaban J connectivity index is -0.0000000950. The Morgan fingerprint density at radius 3 is 0.862 bits per heavy atom. The van der Waals surface area contributed by atoms with Gasteiger partial charge < -0.3 is 33.6 Å². The minimum absolute atomic E-state index is 0. The summed E-state index contributed by atoms with van der Waals surface area (Å²) in [6.45, 7) is 22.1. The second-order valence-corrected chi connectivity index (χ2v) is 6.99. The molecule has 29 heavy (non-hydrogen) atoms. The van der Waals surface area contributed by atoms with Crippen molar-refractivity contribution in [3.05, 3.63) is 13.8 Å². The standard InChI is InChI=1S/2C7H12O3.2C4H9.Ti/c2*1-3-5(7(9)10)6(8)4-2;2*1-4(2)3;/h2*5H,3-4H2,1-2H3,(H,9,10);2*4H,1H2,2-3H3;/q;;2*-1;+4/p-2. The monoisotopic (exact) mass is 448 g/mol. The van der Waals surface area contributed by atoms with Crippen LogP contribution in [-0.4, -0.2) is 23.5 Å². The fraction of sp³-hybridized carbons (Fsp3) is 0.727. The minimum atomic E-state index is -1.26. The van der Waals surface area contributed by atoms with Crippen LogP contribution in [0.2, 0.25) is 0 Å². The third-order valence-corrected chi connectivity index (χ3v) is 2.86. The molecular weight excluding hydrogens is 408 g/mol. The zero-order chi connectivity index (χ0) is 23.4. The molecule has 0 aromatic heterocycles. The van der Waals surface area contributed by atoms with Gasteiger partial charge in [-0.2, -0.15) is 11.8 Å². The molecule has 2 unspecified atom stereocenters. The van der Waals surface area contributed by atoms with Crippen LogP contribution in [0.25, 0.3) is 0 Å². The van der Waals surface area contributed by atoms with Gasteiger partial charge in [0.2, 0.25) is 0 Å². The van der Waals surface area contributed by atoms with Crippen molar-refractivity contribution in [3.63, 3.8) is 0 Å².